The number of nitrogens with zero attached hydrogens (tertiary/aromatic N) is 3. The van der Waals surface area contributed by atoms with E-state index in [4.69, 9.17) is 0 Å². The van der Waals surface area contributed by atoms with E-state index in [1.807, 2.05) is 16.6 Å². The van der Waals surface area contributed by atoms with Crippen LogP contribution in [0.15, 0.2) is 36.5 Å². The van der Waals surface area contributed by atoms with Crippen LogP contribution >= 0.6 is 0 Å². The summed E-state index contributed by atoms with van der Waals surface area (Å²) in [6, 6.07) is 10.7. The predicted octanol–water partition coefficient (Wildman–Crippen LogP) is 3.65. The Morgan fingerprint density at radius 1 is 1.00 bits per heavy atom. The lowest BCUT2D eigenvalue weighted by Gasteiger charge is -2.39. The summed E-state index contributed by atoms with van der Waals surface area (Å²) in [6.07, 6.45) is 9.72. The lowest BCUT2D eigenvalue weighted by Crippen LogP contribution is -2.47. The minimum absolute atomic E-state index is 0.193. The van der Waals surface area contributed by atoms with Crippen LogP contribution in [0.25, 0.3) is 10.9 Å². The van der Waals surface area contributed by atoms with Crippen LogP contribution in [0, 0.1) is 5.92 Å². The Bertz CT molecular complexity index is 902. The molecule has 2 fully saturated rings. The SMILES string of the molecule is CS(=O)(=O)N1CCCCCC1C1CCN(Cc2cccc3cccnc23)CC1. The lowest BCUT2D eigenvalue weighted by atomic mass is 9.87. The molecule has 6 heteroatoms. The molecule has 152 valence electrons. The molecule has 0 N–H and O–H groups in total. The van der Waals surface area contributed by atoms with E-state index in [1.165, 1.54) is 17.2 Å². The average molecular weight is 402 g/mol. The first-order valence-electron chi connectivity index (χ1n) is 10.5. The van der Waals surface area contributed by atoms with E-state index in [2.05, 4.69) is 34.1 Å². The fourth-order valence-electron chi connectivity index (χ4n) is 5.02. The summed E-state index contributed by atoms with van der Waals surface area (Å²) in [5, 5.41) is 1.19. The highest BCUT2D eigenvalue weighted by molar-refractivity contribution is 7.88. The second-order valence-corrected chi connectivity index (χ2v) is 10.3. The highest BCUT2D eigenvalue weighted by Crippen LogP contribution is 2.32. The Morgan fingerprint density at radius 3 is 2.57 bits per heavy atom. The highest BCUT2D eigenvalue weighted by Gasteiger charge is 2.35. The molecule has 0 aliphatic carbocycles. The van der Waals surface area contributed by atoms with E-state index in [-0.39, 0.29) is 6.04 Å². The quantitative estimate of drug-likeness (QED) is 0.785. The van der Waals surface area contributed by atoms with E-state index >= 15 is 0 Å². The molecule has 2 saturated heterocycles. The van der Waals surface area contributed by atoms with Crippen molar-refractivity contribution in [2.45, 2.75) is 51.1 Å². The van der Waals surface area contributed by atoms with Crippen molar-refractivity contribution in [3.8, 4) is 0 Å². The number of hydrogen-bond acceptors (Lipinski definition) is 4. The number of para-hydroxylation sites is 1. The maximum Gasteiger partial charge on any atom is 0.211 e. The van der Waals surface area contributed by atoms with Crippen molar-refractivity contribution in [1.29, 1.82) is 0 Å². The van der Waals surface area contributed by atoms with Gasteiger partial charge in [-0.25, -0.2) is 8.42 Å². The van der Waals surface area contributed by atoms with Gasteiger partial charge in [-0.3, -0.25) is 9.88 Å². The molecule has 1 unspecified atom stereocenters. The first kappa shape index (κ1) is 19.8. The fourth-order valence-corrected chi connectivity index (χ4v) is 6.25. The third kappa shape index (κ3) is 4.39. The number of likely N-dealkylation sites (tertiary alicyclic amines) is 1. The largest absolute Gasteiger partial charge is 0.299 e. The summed E-state index contributed by atoms with van der Waals surface area (Å²) < 4.78 is 26.5. The monoisotopic (exact) mass is 401 g/mol. The Labute approximate surface area is 168 Å². The molecule has 1 aromatic heterocycles. The molecular formula is C22H31N3O2S. The van der Waals surface area contributed by atoms with Crippen molar-refractivity contribution >= 4 is 20.9 Å². The summed E-state index contributed by atoms with van der Waals surface area (Å²) >= 11 is 0. The summed E-state index contributed by atoms with van der Waals surface area (Å²) in [5.74, 6) is 0.481. The zero-order valence-corrected chi connectivity index (χ0v) is 17.6. The molecular weight excluding hydrogens is 370 g/mol. The van der Waals surface area contributed by atoms with Crippen molar-refractivity contribution in [1.82, 2.24) is 14.2 Å². The van der Waals surface area contributed by atoms with Crippen LogP contribution in [-0.2, 0) is 16.6 Å². The van der Waals surface area contributed by atoms with Gasteiger partial charge in [0, 0.05) is 30.7 Å². The lowest BCUT2D eigenvalue weighted by molar-refractivity contribution is 0.124. The maximum atomic E-state index is 12.3. The molecule has 3 heterocycles. The molecule has 2 aromatic rings. The normalized spacial score (nSPS) is 23.7. The first-order chi connectivity index (χ1) is 13.5. The van der Waals surface area contributed by atoms with Gasteiger partial charge in [0.15, 0.2) is 0 Å². The fraction of sp³-hybridized carbons (Fsp3) is 0.591. The first-order valence-corrected chi connectivity index (χ1v) is 12.4. The molecule has 1 atom stereocenters. The van der Waals surface area contributed by atoms with Gasteiger partial charge >= 0.3 is 0 Å². The van der Waals surface area contributed by atoms with E-state index < -0.39 is 10.0 Å². The molecule has 0 radical (unpaired) electrons. The van der Waals surface area contributed by atoms with Gasteiger partial charge < -0.3 is 0 Å². The number of aromatic nitrogens is 1. The van der Waals surface area contributed by atoms with Gasteiger partial charge in [-0.2, -0.15) is 4.31 Å². The predicted molar refractivity (Wildman–Crippen MR) is 114 cm³/mol. The standard InChI is InChI=1S/C22H31N3O2S/c1-28(26,27)25-14-4-2-3-10-21(25)18-11-15-24(16-12-18)17-20-8-5-7-19-9-6-13-23-22(19)20/h5-9,13,18,21H,2-4,10-12,14-17H2,1H3. The number of rotatable bonds is 4. The van der Waals surface area contributed by atoms with Gasteiger partial charge in [-0.15, -0.1) is 0 Å². The van der Waals surface area contributed by atoms with Crippen LogP contribution in [0.1, 0.15) is 44.1 Å². The maximum absolute atomic E-state index is 12.3. The third-order valence-corrected chi connectivity index (χ3v) is 7.77. The van der Waals surface area contributed by atoms with Crippen molar-refractivity contribution in [3.05, 3.63) is 42.1 Å². The summed E-state index contributed by atoms with van der Waals surface area (Å²) in [4.78, 5) is 7.08. The van der Waals surface area contributed by atoms with Crippen molar-refractivity contribution < 1.29 is 8.42 Å². The van der Waals surface area contributed by atoms with Crippen LogP contribution in [0.2, 0.25) is 0 Å². The third-order valence-electron chi connectivity index (χ3n) is 6.46. The summed E-state index contributed by atoms with van der Waals surface area (Å²) in [6.45, 7) is 3.68. The summed E-state index contributed by atoms with van der Waals surface area (Å²) in [7, 11) is -3.12. The van der Waals surface area contributed by atoms with E-state index in [1.54, 1.807) is 0 Å². The molecule has 0 saturated carbocycles. The van der Waals surface area contributed by atoms with E-state index in [0.717, 1.165) is 63.7 Å². The van der Waals surface area contributed by atoms with Crippen LogP contribution in [0.5, 0.6) is 0 Å². The van der Waals surface area contributed by atoms with Gasteiger partial charge in [-0.1, -0.05) is 37.1 Å². The summed E-state index contributed by atoms with van der Waals surface area (Å²) in [5.41, 5.74) is 2.38. The van der Waals surface area contributed by atoms with E-state index in [0.29, 0.717) is 12.5 Å². The number of sulfonamides is 1. The van der Waals surface area contributed by atoms with Gasteiger partial charge in [0.05, 0.1) is 11.8 Å². The van der Waals surface area contributed by atoms with Gasteiger partial charge in [-0.05, 0) is 56.3 Å². The molecule has 2 aliphatic heterocycles. The van der Waals surface area contributed by atoms with Crippen molar-refractivity contribution in [2.24, 2.45) is 5.92 Å². The van der Waals surface area contributed by atoms with Gasteiger partial charge in [0.2, 0.25) is 10.0 Å². The number of pyridine rings is 1. The smallest absolute Gasteiger partial charge is 0.211 e. The zero-order chi connectivity index (χ0) is 19.6. The van der Waals surface area contributed by atoms with Gasteiger partial charge in [0.25, 0.3) is 0 Å². The highest BCUT2D eigenvalue weighted by atomic mass is 32.2. The van der Waals surface area contributed by atoms with Crippen molar-refractivity contribution in [3.63, 3.8) is 0 Å². The molecule has 0 amide bonds. The van der Waals surface area contributed by atoms with Crippen LogP contribution in [-0.4, -0.2) is 54.5 Å². The van der Waals surface area contributed by atoms with Gasteiger partial charge in [0.1, 0.15) is 0 Å². The number of fused-ring (bicyclic) bond motifs is 1. The molecule has 0 spiro atoms. The van der Waals surface area contributed by atoms with Crippen LogP contribution in [0.3, 0.4) is 0 Å². The van der Waals surface area contributed by atoms with E-state index in [9.17, 15) is 8.42 Å². The Hall–Kier alpha value is -1.50. The second-order valence-electron chi connectivity index (χ2n) is 8.40. The Morgan fingerprint density at radius 2 is 1.79 bits per heavy atom. The molecule has 4 rings (SSSR count). The van der Waals surface area contributed by atoms with Crippen molar-refractivity contribution in [2.75, 3.05) is 25.9 Å². The molecule has 28 heavy (non-hydrogen) atoms. The average Bonchev–Trinajstić information content (AvgIpc) is 2.95. The number of benzene rings is 1. The second kappa shape index (κ2) is 8.47. The Kier molecular flexibility index (Phi) is 5.99. The molecule has 5 nitrogen and oxygen atoms in total. The zero-order valence-electron chi connectivity index (χ0n) is 16.8. The minimum atomic E-state index is -3.12. The molecule has 1 aromatic carbocycles. The van der Waals surface area contributed by atoms with Crippen LogP contribution in [0.4, 0.5) is 0 Å². The Balaban J connectivity index is 1.42. The minimum Gasteiger partial charge on any atom is -0.299 e. The molecule has 2 aliphatic rings. The van der Waals surface area contributed by atoms with Crippen LogP contribution < -0.4 is 0 Å². The topological polar surface area (TPSA) is 53.5 Å². The number of hydrogen-bond donors (Lipinski definition) is 0. The molecule has 0 bridgehead atoms. The number of piperidine rings is 1.